The van der Waals surface area contributed by atoms with Crippen molar-refractivity contribution in [3.05, 3.63) is 64.2 Å². The first-order valence-electron chi connectivity index (χ1n) is 7.74. The molecule has 0 fully saturated rings. The van der Waals surface area contributed by atoms with E-state index in [0.29, 0.717) is 29.1 Å². The van der Waals surface area contributed by atoms with Crippen LogP contribution >= 0.6 is 11.6 Å². The van der Waals surface area contributed by atoms with Crippen molar-refractivity contribution in [2.75, 3.05) is 19.4 Å². The number of anilines is 1. The van der Waals surface area contributed by atoms with Crippen molar-refractivity contribution in [2.45, 2.75) is 19.8 Å². The second-order valence-electron chi connectivity index (χ2n) is 5.85. The topological polar surface area (TPSA) is 49.4 Å². The van der Waals surface area contributed by atoms with Gasteiger partial charge in [-0.2, -0.15) is 0 Å². The average molecular weight is 345 g/mol. The molecule has 0 aliphatic carbocycles. The smallest absolute Gasteiger partial charge is 0.253 e. The van der Waals surface area contributed by atoms with E-state index in [1.54, 1.807) is 26.2 Å². The lowest BCUT2D eigenvalue weighted by atomic mass is 10.0. The molecule has 1 N–H and O–H groups in total. The summed E-state index contributed by atoms with van der Waals surface area (Å²) in [5.41, 5.74) is 3.10. The number of hydrogen-bond acceptors (Lipinski definition) is 2. The van der Waals surface area contributed by atoms with E-state index in [-0.39, 0.29) is 11.8 Å². The molecule has 0 aromatic heterocycles. The Morgan fingerprint density at radius 3 is 2.38 bits per heavy atom. The van der Waals surface area contributed by atoms with Gasteiger partial charge in [-0.3, -0.25) is 9.59 Å². The Labute approximate surface area is 147 Å². The maximum absolute atomic E-state index is 12.2. The summed E-state index contributed by atoms with van der Waals surface area (Å²) in [6.45, 7) is 1.84. The van der Waals surface area contributed by atoms with Crippen LogP contribution in [-0.4, -0.2) is 30.8 Å². The Bertz CT molecular complexity index is 740. The zero-order valence-electron chi connectivity index (χ0n) is 14.1. The molecule has 0 aliphatic heterocycles. The van der Waals surface area contributed by atoms with Crippen LogP contribution in [0.4, 0.5) is 5.69 Å². The number of aryl methyl sites for hydroxylation is 1. The van der Waals surface area contributed by atoms with E-state index >= 15 is 0 Å². The largest absolute Gasteiger partial charge is 0.345 e. The highest BCUT2D eigenvalue weighted by Crippen LogP contribution is 2.20. The zero-order chi connectivity index (χ0) is 17.7. The summed E-state index contributed by atoms with van der Waals surface area (Å²) in [6.07, 6.45) is 1.01. The first-order valence-corrected chi connectivity index (χ1v) is 8.12. The molecular formula is C19H21ClN2O2. The molecule has 2 amide bonds. The Balaban J connectivity index is 2.02. The van der Waals surface area contributed by atoms with E-state index in [9.17, 15) is 9.59 Å². The normalized spacial score (nSPS) is 10.3. The number of amides is 2. The SMILES string of the molecule is Cc1c(NC(=O)CCc2ccc(Cl)cc2)cccc1C(=O)N(C)C. The van der Waals surface area contributed by atoms with E-state index in [4.69, 9.17) is 11.6 Å². The lowest BCUT2D eigenvalue weighted by molar-refractivity contribution is -0.116. The second-order valence-corrected chi connectivity index (χ2v) is 6.29. The van der Waals surface area contributed by atoms with Crippen LogP contribution in [0.5, 0.6) is 0 Å². The third-order valence-corrected chi connectivity index (χ3v) is 4.05. The number of halogens is 1. The molecule has 0 saturated heterocycles. The molecule has 0 heterocycles. The molecule has 126 valence electrons. The summed E-state index contributed by atoms with van der Waals surface area (Å²) in [5.74, 6) is -0.160. The number of hydrogen-bond donors (Lipinski definition) is 1. The van der Waals surface area contributed by atoms with Gasteiger partial charge >= 0.3 is 0 Å². The van der Waals surface area contributed by atoms with Gasteiger partial charge in [-0.15, -0.1) is 0 Å². The Hall–Kier alpha value is -2.33. The van der Waals surface area contributed by atoms with Crippen LogP contribution in [0.25, 0.3) is 0 Å². The number of carbonyl (C=O) groups is 2. The second kappa shape index (κ2) is 7.97. The van der Waals surface area contributed by atoms with Crippen molar-refractivity contribution in [3.63, 3.8) is 0 Å². The molecular weight excluding hydrogens is 324 g/mol. The van der Waals surface area contributed by atoms with Gasteiger partial charge < -0.3 is 10.2 Å². The summed E-state index contributed by atoms with van der Waals surface area (Å²) < 4.78 is 0. The molecule has 5 heteroatoms. The van der Waals surface area contributed by atoms with Crippen LogP contribution in [0.1, 0.15) is 27.9 Å². The van der Waals surface area contributed by atoms with Gasteiger partial charge in [0, 0.05) is 36.8 Å². The third-order valence-electron chi connectivity index (χ3n) is 3.80. The predicted octanol–water partition coefficient (Wildman–Crippen LogP) is 3.92. The monoisotopic (exact) mass is 344 g/mol. The van der Waals surface area contributed by atoms with Gasteiger partial charge in [0.2, 0.25) is 5.91 Å². The highest BCUT2D eigenvalue weighted by molar-refractivity contribution is 6.30. The van der Waals surface area contributed by atoms with Crippen LogP contribution < -0.4 is 5.32 Å². The van der Waals surface area contributed by atoms with Crippen molar-refractivity contribution in [3.8, 4) is 0 Å². The summed E-state index contributed by atoms with van der Waals surface area (Å²) in [4.78, 5) is 25.9. The summed E-state index contributed by atoms with van der Waals surface area (Å²) in [6, 6.07) is 12.8. The molecule has 2 aromatic rings. The molecule has 0 aliphatic rings. The molecule has 0 bridgehead atoms. The summed E-state index contributed by atoms with van der Waals surface area (Å²) >= 11 is 5.85. The minimum Gasteiger partial charge on any atom is -0.345 e. The van der Waals surface area contributed by atoms with Gasteiger partial charge in [-0.1, -0.05) is 29.8 Å². The van der Waals surface area contributed by atoms with E-state index in [1.807, 2.05) is 37.3 Å². The van der Waals surface area contributed by atoms with Crippen molar-refractivity contribution in [2.24, 2.45) is 0 Å². The average Bonchev–Trinajstić information content (AvgIpc) is 2.55. The third kappa shape index (κ3) is 4.59. The van der Waals surface area contributed by atoms with Gasteiger partial charge in [0.1, 0.15) is 0 Å². The first kappa shape index (κ1) is 18.0. The number of rotatable bonds is 5. The van der Waals surface area contributed by atoms with Crippen molar-refractivity contribution in [1.82, 2.24) is 4.90 Å². The zero-order valence-corrected chi connectivity index (χ0v) is 14.9. The van der Waals surface area contributed by atoms with Gasteiger partial charge in [-0.25, -0.2) is 0 Å². The first-order chi connectivity index (χ1) is 11.4. The lowest BCUT2D eigenvalue weighted by Crippen LogP contribution is -2.23. The molecule has 0 unspecified atom stereocenters. The molecule has 24 heavy (non-hydrogen) atoms. The van der Waals surface area contributed by atoms with Crippen molar-refractivity contribution in [1.29, 1.82) is 0 Å². The highest BCUT2D eigenvalue weighted by atomic mass is 35.5. The molecule has 2 rings (SSSR count). The Kier molecular flexibility index (Phi) is 5.99. The van der Waals surface area contributed by atoms with Crippen LogP contribution in [0.2, 0.25) is 5.02 Å². The van der Waals surface area contributed by atoms with E-state index in [1.165, 1.54) is 4.90 Å². The molecule has 0 saturated carbocycles. The standard InChI is InChI=1S/C19H21ClN2O2/c1-13-16(19(24)22(2)3)5-4-6-17(13)21-18(23)12-9-14-7-10-15(20)11-8-14/h4-8,10-11H,9,12H2,1-3H3,(H,21,23). The number of benzene rings is 2. The molecule has 2 aromatic carbocycles. The Morgan fingerprint density at radius 1 is 1.08 bits per heavy atom. The minimum absolute atomic E-state index is 0.0789. The van der Waals surface area contributed by atoms with Crippen molar-refractivity contribution < 1.29 is 9.59 Å². The van der Waals surface area contributed by atoms with Crippen LogP contribution in [0.15, 0.2) is 42.5 Å². The van der Waals surface area contributed by atoms with Crippen LogP contribution in [0, 0.1) is 6.92 Å². The van der Waals surface area contributed by atoms with Gasteiger partial charge in [0.25, 0.3) is 5.91 Å². The maximum Gasteiger partial charge on any atom is 0.253 e. The lowest BCUT2D eigenvalue weighted by Gasteiger charge is -2.15. The predicted molar refractivity (Wildman–Crippen MR) is 97.6 cm³/mol. The van der Waals surface area contributed by atoms with E-state index < -0.39 is 0 Å². The molecule has 0 spiro atoms. The minimum atomic E-state index is -0.0810. The number of nitrogens with one attached hydrogen (secondary N) is 1. The Morgan fingerprint density at radius 2 is 1.75 bits per heavy atom. The van der Waals surface area contributed by atoms with Gasteiger partial charge in [0.15, 0.2) is 0 Å². The fraction of sp³-hybridized carbons (Fsp3) is 0.263. The van der Waals surface area contributed by atoms with Crippen LogP contribution in [0.3, 0.4) is 0 Å². The van der Waals surface area contributed by atoms with Crippen molar-refractivity contribution >= 4 is 29.1 Å². The van der Waals surface area contributed by atoms with Gasteiger partial charge in [-0.05, 0) is 48.7 Å². The van der Waals surface area contributed by atoms with Crippen LogP contribution in [-0.2, 0) is 11.2 Å². The number of nitrogens with zero attached hydrogens (tertiary/aromatic N) is 1. The fourth-order valence-electron chi connectivity index (χ4n) is 2.37. The fourth-order valence-corrected chi connectivity index (χ4v) is 2.49. The molecule has 0 atom stereocenters. The highest BCUT2D eigenvalue weighted by Gasteiger charge is 2.14. The number of carbonyl (C=O) groups excluding carboxylic acids is 2. The molecule has 4 nitrogen and oxygen atoms in total. The maximum atomic E-state index is 12.2. The van der Waals surface area contributed by atoms with E-state index in [0.717, 1.165) is 11.1 Å². The van der Waals surface area contributed by atoms with Gasteiger partial charge in [0.05, 0.1) is 0 Å². The van der Waals surface area contributed by atoms with E-state index in [2.05, 4.69) is 5.32 Å². The summed E-state index contributed by atoms with van der Waals surface area (Å²) in [5, 5.41) is 3.57. The molecule has 0 radical (unpaired) electrons. The quantitative estimate of drug-likeness (QED) is 0.893. The summed E-state index contributed by atoms with van der Waals surface area (Å²) in [7, 11) is 3.41.